The van der Waals surface area contributed by atoms with Gasteiger partial charge in [0, 0.05) is 23.5 Å². The molecule has 5 nitrogen and oxygen atoms in total. The number of sulfonamides is 1. The zero-order valence-electron chi connectivity index (χ0n) is 20.0. The second-order valence-electron chi connectivity index (χ2n) is 8.74. The van der Waals surface area contributed by atoms with Crippen LogP contribution in [0.1, 0.15) is 44.6 Å². The van der Waals surface area contributed by atoms with E-state index >= 15 is 0 Å². The van der Waals surface area contributed by atoms with Gasteiger partial charge in [0.1, 0.15) is 0 Å². The number of halogens is 1. The van der Waals surface area contributed by atoms with Crippen molar-refractivity contribution in [3.63, 3.8) is 0 Å². The summed E-state index contributed by atoms with van der Waals surface area (Å²) in [5, 5.41) is 2.96. The van der Waals surface area contributed by atoms with E-state index < -0.39 is 10.0 Å². The van der Waals surface area contributed by atoms with Crippen LogP contribution in [0.4, 0.5) is 0 Å². The Morgan fingerprint density at radius 3 is 2.14 bits per heavy atom. The maximum atomic E-state index is 12.7. The highest BCUT2D eigenvalue weighted by Crippen LogP contribution is 2.23. The molecule has 0 spiro atoms. The fraction of sp³-hybridized carbons (Fsp3) is 0.321. The minimum Gasteiger partial charge on any atom is -0.356 e. The summed E-state index contributed by atoms with van der Waals surface area (Å²) in [5.41, 5.74) is 3.24. The monoisotopic (exact) mass is 556 g/mol. The molecule has 7 heteroatoms. The summed E-state index contributed by atoms with van der Waals surface area (Å²) in [6.45, 7) is 2.48. The number of carbonyl (C=O) groups is 1. The number of unbranched alkanes of at least 4 members (excludes halogenated alkanes) is 1. The minimum atomic E-state index is -3.58. The zero-order chi connectivity index (χ0) is 25.1. The second kappa shape index (κ2) is 13.6. The lowest BCUT2D eigenvalue weighted by Gasteiger charge is -2.15. The first-order chi connectivity index (χ1) is 16.8. The van der Waals surface area contributed by atoms with Crippen molar-refractivity contribution in [2.45, 2.75) is 56.4 Å². The third-order valence-corrected chi connectivity index (χ3v) is 7.93. The Morgan fingerprint density at radius 1 is 0.857 bits per heavy atom. The largest absolute Gasteiger partial charge is 0.356 e. The molecule has 1 amide bonds. The third-order valence-electron chi connectivity index (χ3n) is 5.80. The minimum absolute atomic E-state index is 0.0706. The van der Waals surface area contributed by atoms with Crippen LogP contribution in [0, 0.1) is 0 Å². The molecule has 0 aromatic heterocycles. The van der Waals surface area contributed by atoms with Gasteiger partial charge in [0.15, 0.2) is 0 Å². The van der Waals surface area contributed by atoms with Crippen LogP contribution in [0.5, 0.6) is 0 Å². The lowest BCUT2D eigenvalue weighted by atomic mass is 10.1. The van der Waals surface area contributed by atoms with Gasteiger partial charge in [0.2, 0.25) is 15.9 Å². The third kappa shape index (κ3) is 9.24. The van der Waals surface area contributed by atoms with Gasteiger partial charge in [-0.3, -0.25) is 4.79 Å². The summed E-state index contributed by atoms with van der Waals surface area (Å²) in [4.78, 5) is 12.3. The van der Waals surface area contributed by atoms with Crippen molar-refractivity contribution in [1.29, 1.82) is 0 Å². The van der Waals surface area contributed by atoms with Crippen molar-refractivity contribution in [2.24, 2.45) is 0 Å². The van der Waals surface area contributed by atoms with E-state index in [1.54, 1.807) is 12.1 Å². The number of aryl methyl sites for hydroxylation is 1. The van der Waals surface area contributed by atoms with Gasteiger partial charge in [-0.25, -0.2) is 13.1 Å². The molecule has 0 saturated carbocycles. The number of rotatable bonds is 13. The molecule has 3 aromatic rings. The quantitative estimate of drug-likeness (QED) is 0.250. The van der Waals surface area contributed by atoms with Crippen LogP contribution >= 0.6 is 15.9 Å². The van der Waals surface area contributed by atoms with Crippen LogP contribution in [-0.2, 0) is 21.2 Å². The van der Waals surface area contributed by atoms with E-state index in [4.69, 9.17) is 0 Å². The number of carbonyl (C=O) groups excluding carboxylic acids is 1. The van der Waals surface area contributed by atoms with Crippen LogP contribution in [0.25, 0.3) is 11.1 Å². The van der Waals surface area contributed by atoms with Gasteiger partial charge in [-0.1, -0.05) is 76.9 Å². The van der Waals surface area contributed by atoms with Crippen LogP contribution in [0.3, 0.4) is 0 Å². The Labute approximate surface area is 217 Å². The first-order valence-electron chi connectivity index (χ1n) is 12.0. The Morgan fingerprint density at radius 2 is 1.49 bits per heavy atom. The summed E-state index contributed by atoms with van der Waals surface area (Å²) < 4.78 is 29.2. The molecule has 0 radical (unpaired) electrons. The van der Waals surface area contributed by atoms with Crippen LogP contribution in [0.15, 0.2) is 88.2 Å². The van der Waals surface area contributed by atoms with Gasteiger partial charge in [0.25, 0.3) is 0 Å². The highest BCUT2D eigenvalue weighted by Gasteiger charge is 2.17. The molecule has 0 aliphatic heterocycles. The van der Waals surface area contributed by atoms with Crippen molar-refractivity contribution in [3.05, 3.63) is 88.9 Å². The molecule has 0 aliphatic rings. The molecular weight excluding hydrogens is 524 g/mol. The predicted molar refractivity (Wildman–Crippen MR) is 146 cm³/mol. The van der Waals surface area contributed by atoms with Gasteiger partial charge in [0.05, 0.1) is 4.90 Å². The van der Waals surface area contributed by atoms with E-state index in [1.165, 1.54) is 5.56 Å². The normalized spacial score (nSPS) is 12.3. The highest BCUT2D eigenvalue weighted by atomic mass is 79.9. The Hall–Kier alpha value is -2.48. The summed E-state index contributed by atoms with van der Waals surface area (Å²) >= 11 is 3.42. The summed E-state index contributed by atoms with van der Waals surface area (Å²) in [6.07, 6.45) is 4.61. The molecule has 3 rings (SSSR count). The molecule has 0 aliphatic carbocycles. The lowest BCUT2D eigenvalue weighted by molar-refractivity contribution is -0.121. The van der Waals surface area contributed by atoms with Crippen molar-refractivity contribution in [3.8, 4) is 11.1 Å². The molecule has 1 unspecified atom stereocenters. The standard InChI is InChI=1S/C28H33BrN2O3S/c1-22(8-5-6-21-30-28(32)12-7-11-23-9-3-2-4-10-23)31-35(33,34)27-19-15-25(16-20-27)24-13-17-26(29)18-14-24/h2-4,9-10,13-20,22,31H,5-8,11-12,21H2,1H3,(H,30,32). The van der Waals surface area contributed by atoms with E-state index in [0.717, 1.165) is 41.3 Å². The zero-order valence-corrected chi connectivity index (χ0v) is 22.4. The average Bonchev–Trinajstić information content (AvgIpc) is 2.85. The van der Waals surface area contributed by atoms with Gasteiger partial charge < -0.3 is 5.32 Å². The topological polar surface area (TPSA) is 75.3 Å². The fourth-order valence-electron chi connectivity index (χ4n) is 3.85. The summed E-state index contributed by atoms with van der Waals surface area (Å²) in [7, 11) is -3.58. The fourth-order valence-corrected chi connectivity index (χ4v) is 5.39. The molecule has 3 aromatic carbocycles. The van der Waals surface area contributed by atoms with Crippen molar-refractivity contribution < 1.29 is 13.2 Å². The highest BCUT2D eigenvalue weighted by molar-refractivity contribution is 9.10. The molecular formula is C28H33BrN2O3S. The predicted octanol–water partition coefficient (Wildman–Crippen LogP) is 6.09. The maximum absolute atomic E-state index is 12.7. The molecule has 0 saturated heterocycles. The first-order valence-corrected chi connectivity index (χ1v) is 14.3. The summed E-state index contributed by atoms with van der Waals surface area (Å²) in [6, 6.07) is 24.8. The second-order valence-corrected chi connectivity index (χ2v) is 11.4. The van der Waals surface area contributed by atoms with E-state index in [-0.39, 0.29) is 16.8 Å². The van der Waals surface area contributed by atoms with Gasteiger partial charge >= 0.3 is 0 Å². The molecule has 35 heavy (non-hydrogen) atoms. The van der Waals surface area contributed by atoms with E-state index in [1.807, 2.05) is 61.5 Å². The van der Waals surface area contributed by atoms with Crippen LogP contribution in [0.2, 0.25) is 0 Å². The molecule has 186 valence electrons. The van der Waals surface area contributed by atoms with E-state index in [9.17, 15) is 13.2 Å². The van der Waals surface area contributed by atoms with Crippen LogP contribution < -0.4 is 10.0 Å². The van der Waals surface area contributed by atoms with Gasteiger partial charge in [-0.2, -0.15) is 0 Å². The molecule has 2 N–H and O–H groups in total. The van der Waals surface area contributed by atoms with E-state index in [0.29, 0.717) is 19.4 Å². The number of amides is 1. The molecule has 0 fully saturated rings. The smallest absolute Gasteiger partial charge is 0.240 e. The summed E-state index contributed by atoms with van der Waals surface area (Å²) in [5.74, 6) is 0.0706. The van der Waals surface area contributed by atoms with Crippen molar-refractivity contribution >= 4 is 31.9 Å². The van der Waals surface area contributed by atoms with Crippen molar-refractivity contribution in [2.75, 3.05) is 6.54 Å². The lowest BCUT2D eigenvalue weighted by Crippen LogP contribution is -2.32. The average molecular weight is 558 g/mol. The first kappa shape index (κ1) is 27.1. The number of hydrogen-bond donors (Lipinski definition) is 2. The van der Waals surface area contributed by atoms with Gasteiger partial charge in [-0.15, -0.1) is 0 Å². The maximum Gasteiger partial charge on any atom is 0.240 e. The molecule has 0 bridgehead atoms. The Kier molecular flexibility index (Phi) is 10.5. The number of nitrogens with one attached hydrogen (secondary N) is 2. The Balaban J connectivity index is 1.34. The van der Waals surface area contributed by atoms with E-state index in [2.05, 4.69) is 38.1 Å². The SMILES string of the molecule is CC(CCCCNC(=O)CCCc1ccccc1)NS(=O)(=O)c1ccc(-c2ccc(Br)cc2)cc1. The Bertz CT molecular complexity index is 1170. The molecule has 0 heterocycles. The number of benzene rings is 3. The van der Waals surface area contributed by atoms with Gasteiger partial charge in [-0.05, 0) is 73.6 Å². The molecule has 1 atom stereocenters. The van der Waals surface area contributed by atoms with Crippen molar-refractivity contribution in [1.82, 2.24) is 10.0 Å². The number of hydrogen-bond acceptors (Lipinski definition) is 3. The van der Waals surface area contributed by atoms with Crippen LogP contribution in [-0.4, -0.2) is 26.9 Å².